The molecule has 1 aromatic rings. The molecule has 0 heterocycles. The fraction of sp³-hybridized carbons (Fsp3) is 0.467. The molecule has 0 aliphatic rings. The fourth-order valence-corrected chi connectivity index (χ4v) is 1.84. The molecule has 0 aliphatic heterocycles. The Morgan fingerprint density at radius 2 is 2.00 bits per heavy atom. The molecule has 110 valence electrons. The lowest BCUT2D eigenvalue weighted by molar-refractivity contribution is -0.142. The van der Waals surface area contributed by atoms with Crippen molar-refractivity contribution in [3.63, 3.8) is 0 Å². The summed E-state index contributed by atoms with van der Waals surface area (Å²) in [6.45, 7) is 4.24. The second-order valence-electron chi connectivity index (χ2n) is 4.96. The highest BCUT2D eigenvalue weighted by molar-refractivity contribution is 5.79. The standard InChI is InChI=1S/C15H22N2O3/c1-11-6-4-5-7-13(11)8-9-16-14(18)10-17(3)12(2)15(19)20/h4-7,12H,8-10H2,1-3H3,(H,16,18)(H,19,20). The van der Waals surface area contributed by atoms with E-state index in [9.17, 15) is 9.59 Å². The minimum absolute atomic E-state index is 0.0846. The van der Waals surface area contributed by atoms with Crippen LogP contribution in [0.1, 0.15) is 18.1 Å². The molecule has 0 radical (unpaired) electrons. The molecule has 5 heteroatoms. The van der Waals surface area contributed by atoms with Crippen molar-refractivity contribution in [3.05, 3.63) is 35.4 Å². The molecule has 5 nitrogen and oxygen atoms in total. The van der Waals surface area contributed by atoms with Gasteiger partial charge in [-0.15, -0.1) is 0 Å². The van der Waals surface area contributed by atoms with Crippen molar-refractivity contribution in [1.29, 1.82) is 0 Å². The molecule has 2 N–H and O–H groups in total. The number of aryl methyl sites for hydroxylation is 1. The van der Waals surface area contributed by atoms with Gasteiger partial charge in [0.1, 0.15) is 6.04 Å². The van der Waals surface area contributed by atoms with Crippen LogP contribution in [0.4, 0.5) is 0 Å². The lowest BCUT2D eigenvalue weighted by Crippen LogP contribution is -2.43. The monoisotopic (exact) mass is 278 g/mol. The summed E-state index contributed by atoms with van der Waals surface area (Å²) >= 11 is 0. The quantitative estimate of drug-likeness (QED) is 0.782. The van der Waals surface area contributed by atoms with Crippen molar-refractivity contribution in [2.24, 2.45) is 0 Å². The first-order valence-electron chi connectivity index (χ1n) is 6.66. The van der Waals surface area contributed by atoms with E-state index in [1.54, 1.807) is 14.0 Å². The normalized spacial score (nSPS) is 12.2. The number of carbonyl (C=O) groups excluding carboxylic acids is 1. The summed E-state index contributed by atoms with van der Waals surface area (Å²) in [5.41, 5.74) is 2.42. The van der Waals surface area contributed by atoms with Crippen molar-refractivity contribution >= 4 is 11.9 Å². The Bertz CT molecular complexity index is 474. The van der Waals surface area contributed by atoms with Crippen LogP contribution in [0.5, 0.6) is 0 Å². The maximum absolute atomic E-state index is 11.7. The third-order valence-corrected chi connectivity index (χ3v) is 3.39. The van der Waals surface area contributed by atoms with Crippen LogP contribution in [0.3, 0.4) is 0 Å². The number of hydrogen-bond donors (Lipinski definition) is 2. The van der Waals surface area contributed by atoms with E-state index in [0.717, 1.165) is 6.42 Å². The van der Waals surface area contributed by atoms with Gasteiger partial charge in [-0.3, -0.25) is 14.5 Å². The van der Waals surface area contributed by atoms with Crippen LogP contribution in [-0.2, 0) is 16.0 Å². The van der Waals surface area contributed by atoms with Gasteiger partial charge in [0, 0.05) is 6.54 Å². The molecule has 0 fully saturated rings. The van der Waals surface area contributed by atoms with E-state index >= 15 is 0 Å². The molecule has 20 heavy (non-hydrogen) atoms. The number of aliphatic carboxylic acids is 1. The van der Waals surface area contributed by atoms with Crippen LogP contribution in [0.2, 0.25) is 0 Å². The Hall–Kier alpha value is -1.88. The van der Waals surface area contributed by atoms with E-state index in [4.69, 9.17) is 5.11 Å². The van der Waals surface area contributed by atoms with Crippen LogP contribution >= 0.6 is 0 Å². The Kier molecular flexibility index (Phi) is 6.18. The SMILES string of the molecule is Cc1ccccc1CCNC(=O)CN(C)C(C)C(=O)O. The van der Waals surface area contributed by atoms with E-state index < -0.39 is 12.0 Å². The van der Waals surface area contributed by atoms with Crippen molar-refractivity contribution in [3.8, 4) is 0 Å². The fourth-order valence-electron chi connectivity index (χ4n) is 1.84. The van der Waals surface area contributed by atoms with Crippen LogP contribution in [0.15, 0.2) is 24.3 Å². The Morgan fingerprint density at radius 1 is 1.35 bits per heavy atom. The predicted molar refractivity (Wildman–Crippen MR) is 77.6 cm³/mol. The summed E-state index contributed by atoms with van der Waals surface area (Å²) in [7, 11) is 1.62. The van der Waals surface area contributed by atoms with Gasteiger partial charge in [0.25, 0.3) is 0 Å². The highest BCUT2D eigenvalue weighted by Gasteiger charge is 2.18. The highest BCUT2D eigenvalue weighted by Crippen LogP contribution is 2.06. The summed E-state index contributed by atoms with van der Waals surface area (Å²) in [6.07, 6.45) is 0.774. The van der Waals surface area contributed by atoms with Crippen LogP contribution in [0, 0.1) is 6.92 Å². The minimum atomic E-state index is -0.930. The second kappa shape index (κ2) is 7.65. The average molecular weight is 278 g/mol. The maximum atomic E-state index is 11.7. The van der Waals surface area contributed by atoms with Gasteiger partial charge in [0.05, 0.1) is 6.54 Å². The molecule has 0 aliphatic carbocycles. The van der Waals surface area contributed by atoms with Gasteiger partial charge in [0.15, 0.2) is 0 Å². The molecule has 0 aromatic heterocycles. The van der Waals surface area contributed by atoms with Crippen LogP contribution < -0.4 is 5.32 Å². The zero-order valence-electron chi connectivity index (χ0n) is 12.2. The highest BCUT2D eigenvalue weighted by atomic mass is 16.4. The van der Waals surface area contributed by atoms with Gasteiger partial charge in [-0.2, -0.15) is 0 Å². The van der Waals surface area contributed by atoms with Crippen LogP contribution in [0.25, 0.3) is 0 Å². The number of nitrogens with one attached hydrogen (secondary N) is 1. The van der Waals surface area contributed by atoms with Gasteiger partial charge < -0.3 is 10.4 Å². The topological polar surface area (TPSA) is 69.6 Å². The minimum Gasteiger partial charge on any atom is -0.480 e. The molecular formula is C15H22N2O3. The van der Waals surface area contributed by atoms with Gasteiger partial charge in [0.2, 0.25) is 5.91 Å². The van der Waals surface area contributed by atoms with E-state index in [0.29, 0.717) is 6.54 Å². The first-order valence-corrected chi connectivity index (χ1v) is 6.66. The molecule has 1 aromatic carbocycles. The largest absolute Gasteiger partial charge is 0.480 e. The van der Waals surface area contributed by atoms with E-state index in [1.807, 2.05) is 31.2 Å². The van der Waals surface area contributed by atoms with Gasteiger partial charge in [-0.05, 0) is 38.4 Å². The summed E-state index contributed by atoms with van der Waals surface area (Å²) in [6, 6.07) is 7.38. The number of carboxylic acid groups (broad SMARTS) is 1. The number of carbonyl (C=O) groups is 2. The zero-order valence-corrected chi connectivity index (χ0v) is 12.2. The number of hydrogen-bond acceptors (Lipinski definition) is 3. The first-order chi connectivity index (χ1) is 9.41. The Labute approximate surface area is 119 Å². The number of benzene rings is 1. The lowest BCUT2D eigenvalue weighted by Gasteiger charge is -2.20. The smallest absolute Gasteiger partial charge is 0.320 e. The predicted octanol–water partition coefficient (Wildman–Crippen LogP) is 1.06. The van der Waals surface area contributed by atoms with E-state index in [1.165, 1.54) is 16.0 Å². The average Bonchev–Trinajstić information content (AvgIpc) is 2.39. The summed E-state index contributed by atoms with van der Waals surface area (Å²) in [5.74, 6) is -1.09. The number of carboxylic acids is 1. The zero-order chi connectivity index (χ0) is 15.1. The Balaban J connectivity index is 2.34. The third-order valence-electron chi connectivity index (χ3n) is 3.39. The maximum Gasteiger partial charge on any atom is 0.320 e. The molecule has 0 saturated heterocycles. The molecular weight excluding hydrogens is 256 g/mol. The van der Waals surface area contributed by atoms with Gasteiger partial charge >= 0.3 is 5.97 Å². The summed E-state index contributed by atoms with van der Waals surface area (Å²) < 4.78 is 0. The van der Waals surface area contributed by atoms with Crippen LogP contribution in [-0.4, -0.2) is 48.1 Å². The van der Waals surface area contributed by atoms with E-state index in [-0.39, 0.29) is 12.5 Å². The first kappa shape index (κ1) is 16.2. The Morgan fingerprint density at radius 3 is 2.60 bits per heavy atom. The number of rotatable bonds is 7. The third kappa shape index (κ3) is 5.01. The molecule has 1 unspecified atom stereocenters. The van der Waals surface area contributed by atoms with Crippen molar-refractivity contribution in [1.82, 2.24) is 10.2 Å². The van der Waals surface area contributed by atoms with Crippen molar-refractivity contribution < 1.29 is 14.7 Å². The number of nitrogens with zero attached hydrogens (tertiary/aromatic N) is 1. The number of likely N-dealkylation sites (N-methyl/N-ethyl adjacent to an activating group) is 1. The van der Waals surface area contributed by atoms with E-state index in [2.05, 4.69) is 5.32 Å². The van der Waals surface area contributed by atoms with Gasteiger partial charge in [-0.1, -0.05) is 24.3 Å². The second-order valence-corrected chi connectivity index (χ2v) is 4.96. The van der Waals surface area contributed by atoms with Gasteiger partial charge in [-0.25, -0.2) is 0 Å². The summed E-state index contributed by atoms with van der Waals surface area (Å²) in [5, 5.41) is 11.7. The summed E-state index contributed by atoms with van der Waals surface area (Å²) in [4.78, 5) is 24.0. The molecule has 1 amide bonds. The molecule has 0 saturated carbocycles. The molecule has 1 atom stereocenters. The molecule has 0 spiro atoms. The molecule has 1 rings (SSSR count). The van der Waals surface area contributed by atoms with Crippen molar-refractivity contribution in [2.45, 2.75) is 26.3 Å². The number of amides is 1. The van der Waals surface area contributed by atoms with Crippen molar-refractivity contribution in [2.75, 3.05) is 20.1 Å². The molecule has 0 bridgehead atoms. The lowest BCUT2D eigenvalue weighted by atomic mass is 10.1.